The molecule has 1 aliphatic heterocycles. The number of carbonyl (C=O) groups is 1. The van der Waals surface area contributed by atoms with Crippen molar-refractivity contribution < 1.29 is 4.79 Å². The Morgan fingerprint density at radius 3 is 1.94 bits per heavy atom. The Bertz CT molecular complexity index is 976. The molecule has 2 N–H and O–H groups in total. The van der Waals surface area contributed by atoms with Crippen LogP contribution >= 0.6 is 12.2 Å². The number of nitrogens with zero attached hydrogens (tertiary/aromatic N) is 1. The fourth-order valence-electron chi connectivity index (χ4n) is 4.20. The summed E-state index contributed by atoms with van der Waals surface area (Å²) in [7, 11) is 0. The van der Waals surface area contributed by atoms with Crippen molar-refractivity contribution in [3.63, 3.8) is 0 Å². The van der Waals surface area contributed by atoms with Gasteiger partial charge in [-0.1, -0.05) is 79.2 Å². The van der Waals surface area contributed by atoms with Gasteiger partial charge in [0.25, 0.3) is 0 Å². The largest absolute Gasteiger partial charge is 0.332 e. The van der Waals surface area contributed by atoms with Gasteiger partial charge >= 0.3 is 0 Å². The van der Waals surface area contributed by atoms with Crippen molar-refractivity contribution >= 4 is 28.9 Å². The summed E-state index contributed by atoms with van der Waals surface area (Å²) >= 11 is 5.44. The molecule has 1 aliphatic rings. The van der Waals surface area contributed by atoms with Crippen molar-refractivity contribution in [3.05, 3.63) is 102 Å². The average molecular weight is 444 g/mol. The molecule has 3 aromatic rings. The number of benzene rings is 3. The lowest BCUT2D eigenvalue weighted by molar-refractivity contribution is -0.120. The molecule has 32 heavy (non-hydrogen) atoms. The maximum atomic E-state index is 13.2. The normalized spacial score (nSPS) is 14.2. The number of hydrogen-bond donors (Lipinski definition) is 2. The van der Waals surface area contributed by atoms with E-state index in [0.717, 1.165) is 23.4 Å². The average Bonchev–Trinajstić information content (AvgIpc) is 2.82. The summed E-state index contributed by atoms with van der Waals surface area (Å²) in [5.74, 6) is -0.578. The Kier molecular flexibility index (Phi) is 7.64. The molecule has 0 radical (unpaired) electrons. The van der Waals surface area contributed by atoms with Gasteiger partial charge in [-0.25, -0.2) is 0 Å². The van der Waals surface area contributed by atoms with Gasteiger partial charge in [0.2, 0.25) is 5.91 Å². The smallest absolute Gasteiger partial charge is 0.238 e. The topological polar surface area (TPSA) is 44.4 Å². The molecule has 0 aromatic heterocycles. The minimum atomic E-state index is -0.427. The first-order valence-corrected chi connectivity index (χ1v) is 11.6. The molecule has 1 amide bonds. The summed E-state index contributed by atoms with van der Waals surface area (Å²) < 4.78 is 0. The highest BCUT2D eigenvalue weighted by Gasteiger charge is 2.23. The number of carbonyl (C=O) groups excluding carboxylic acids is 1. The van der Waals surface area contributed by atoms with Crippen molar-refractivity contribution in [2.75, 3.05) is 18.4 Å². The lowest BCUT2D eigenvalue weighted by Crippen LogP contribution is -2.37. The van der Waals surface area contributed by atoms with Crippen molar-refractivity contribution in [1.29, 1.82) is 0 Å². The molecule has 4 rings (SSSR count). The lowest BCUT2D eigenvalue weighted by Gasteiger charge is -2.26. The van der Waals surface area contributed by atoms with Crippen molar-refractivity contribution in [2.45, 2.75) is 31.7 Å². The van der Waals surface area contributed by atoms with Crippen LogP contribution in [0.3, 0.4) is 0 Å². The van der Waals surface area contributed by atoms with Gasteiger partial charge in [-0.3, -0.25) is 9.69 Å². The fourth-order valence-corrected chi connectivity index (χ4v) is 4.42. The van der Waals surface area contributed by atoms with Crippen LogP contribution in [0.5, 0.6) is 0 Å². The first kappa shape index (κ1) is 22.2. The van der Waals surface area contributed by atoms with Crippen molar-refractivity contribution in [3.8, 4) is 0 Å². The zero-order valence-corrected chi connectivity index (χ0v) is 19.0. The predicted molar refractivity (Wildman–Crippen MR) is 135 cm³/mol. The zero-order chi connectivity index (χ0) is 22.2. The van der Waals surface area contributed by atoms with Gasteiger partial charge in [0.05, 0.1) is 5.92 Å². The molecule has 3 aromatic carbocycles. The maximum absolute atomic E-state index is 13.2. The number of rotatable bonds is 6. The quantitative estimate of drug-likeness (QED) is 0.506. The number of hydrogen-bond acceptors (Lipinski definition) is 3. The monoisotopic (exact) mass is 443 g/mol. The summed E-state index contributed by atoms with van der Waals surface area (Å²) in [4.78, 5) is 15.7. The molecular formula is C27H29N3OS. The molecule has 1 heterocycles. The third-order valence-electron chi connectivity index (χ3n) is 5.83. The highest BCUT2D eigenvalue weighted by atomic mass is 32.1. The van der Waals surface area contributed by atoms with Crippen molar-refractivity contribution in [2.24, 2.45) is 0 Å². The molecule has 1 saturated heterocycles. The van der Waals surface area contributed by atoms with Crippen LogP contribution < -0.4 is 10.6 Å². The van der Waals surface area contributed by atoms with E-state index in [9.17, 15) is 4.79 Å². The van der Waals surface area contributed by atoms with Gasteiger partial charge < -0.3 is 10.6 Å². The van der Waals surface area contributed by atoms with Crippen LogP contribution in [-0.2, 0) is 11.3 Å². The van der Waals surface area contributed by atoms with Crippen LogP contribution in [0.2, 0.25) is 0 Å². The van der Waals surface area contributed by atoms with Gasteiger partial charge in [-0.2, -0.15) is 0 Å². The Balaban J connectivity index is 1.38. The van der Waals surface area contributed by atoms with Crippen LogP contribution in [0.1, 0.15) is 41.9 Å². The minimum absolute atomic E-state index is 0.151. The summed E-state index contributed by atoms with van der Waals surface area (Å²) in [5, 5.41) is 6.33. The molecule has 0 saturated carbocycles. The van der Waals surface area contributed by atoms with Gasteiger partial charge in [-0.05, 0) is 67.0 Å². The van der Waals surface area contributed by atoms with Gasteiger partial charge in [0.15, 0.2) is 5.11 Å². The molecule has 4 nitrogen and oxygen atoms in total. The predicted octanol–water partition coefficient (Wildman–Crippen LogP) is 5.32. The van der Waals surface area contributed by atoms with E-state index in [-0.39, 0.29) is 5.91 Å². The lowest BCUT2D eigenvalue weighted by atomic mass is 9.90. The van der Waals surface area contributed by atoms with E-state index < -0.39 is 5.92 Å². The van der Waals surface area contributed by atoms with E-state index in [1.54, 1.807) is 0 Å². The standard InChI is InChI=1S/C27H29N3OS/c31-26(25(22-10-4-1-5-11-22)23-12-6-2-7-13-23)29-27(32)28-24-16-14-21(15-17-24)20-30-18-8-3-9-19-30/h1-2,4-7,10-17,25H,3,8-9,18-20H2,(H2,28,29,31,32). The van der Waals surface area contributed by atoms with E-state index >= 15 is 0 Å². The van der Waals surface area contributed by atoms with E-state index in [1.165, 1.54) is 37.9 Å². The molecule has 0 unspecified atom stereocenters. The molecule has 164 valence electrons. The second-order valence-corrected chi connectivity index (χ2v) is 8.64. The summed E-state index contributed by atoms with van der Waals surface area (Å²) in [6.45, 7) is 3.34. The number of piperidine rings is 1. The van der Waals surface area contributed by atoms with Gasteiger partial charge in [-0.15, -0.1) is 0 Å². The second kappa shape index (κ2) is 11.0. The first-order valence-electron chi connectivity index (χ1n) is 11.2. The number of thiocarbonyl (C=S) groups is 1. The third-order valence-corrected chi connectivity index (χ3v) is 6.04. The van der Waals surface area contributed by atoms with E-state index in [2.05, 4.69) is 27.7 Å². The van der Waals surface area contributed by atoms with Gasteiger partial charge in [0, 0.05) is 12.2 Å². The minimum Gasteiger partial charge on any atom is -0.332 e. The van der Waals surface area contributed by atoms with Crippen LogP contribution in [0, 0.1) is 0 Å². The molecule has 1 fully saturated rings. The Morgan fingerprint density at radius 2 is 1.38 bits per heavy atom. The van der Waals surface area contributed by atoms with Gasteiger partial charge in [0.1, 0.15) is 0 Å². The highest BCUT2D eigenvalue weighted by molar-refractivity contribution is 7.80. The van der Waals surface area contributed by atoms with Crippen LogP contribution in [0.25, 0.3) is 0 Å². The van der Waals surface area contributed by atoms with Crippen LogP contribution in [-0.4, -0.2) is 29.0 Å². The number of likely N-dealkylation sites (tertiary alicyclic amines) is 1. The molecule has 0 aliphatic carbocycles. The third kappa shape index (κ3) is 6.02. The molecule has 0 bridgehead atoms. The number of anilines is 1. The molecule has 0 atom stereocenters. The van der Waals surface area contributed by atoms with Crippen LogP contribution in [0.4, 0.5) is 5.69 Å². The van der Waals surface area contributed by atoms with Crippen molar-refractivity contribution in [1.82, 2.24) is 10.2 Å². The van der Waals surface area contributed by atoms with Crippen LogP contribution in [0.15, 0.2) is 84.9 Å². The Morgan fingerprint density at radius 1 is 0.812 bits per heavy atom. The SMILES string of the molecule is O=C(NC(=S)Nc1ccc(CN2CCCCC2)cc1)C(c1ccccc1)c1ccccc1. The highest BCUT2D eigenvalue weighted by Crippen LogP contribution is 2.25. The Labute approximate surface area is 195 Å². The summed E-state index contributed by atoms with van der Waals surface area (Å²) in [6.07, 6.45) is 3.93. The summed E-state index contributed by atoms with van der Waals surface area (Å²) in [5.41, 5.74) is 4.02. The zero-order valence-electron chi connectivity index (χ0n) is 18.2. The molecule has 5 heteroatoms. The van der Waals surface area contributed by atoms with E-state index in [0.29, 0.717) is 5.11 Å². The second-order valence-electron chi connectivity index (χ2n) is 8.23. The Hall–Kier alpha value is -3.02. The molecule has 0 spiro atoms. The summed E-state index contributed by atoms with van der Waals surface area (Å²) in [6, 6.07) is 27.8. The van der Waals surface area contributed by atoms with E-state index in [1.807, 2.05) is 72.8 Å². The molecular weight excluding hydrogens is 414 g/mol. The van der Waals surface area contributed by atoms with E-state index in [4.69, 9.17) is 12.2 Å². The maximum Gasteiger partial charge on any atom is 0.238 e. The number of amides is 1. The number of nitrogens with one attached hydrogen (secondary N) is 2. The fraction of sp³-hybridized carbons (Fsp3) is 0.259. The first-order chi connectivity index (χ1) is 15.7.